The number of carbonyl (C=O) groups is 1. The average molecular weight is 480 g/mol. The molecule has 12 heteroatoms. The molecule has 0 aromatic carbocycles. The van der Waals surface area contributed by atoms with Crippen molar-refractivity contribution >= 4 is 5.91 Å². The van der Waals surface area contributed by atoms with Crippen molar-refractivity contribution in [2.24, 2.45) is 0 Å². The predicted octanol–water partition coefficient (Wildman–Crippen LogP) is -1.63. The van der Waals surface area contributed by atoms with Crippen molar-refractivity contribution in [1.82, 2.24) is 5.32 Å². The van der Waals surface area contributed by atoms with Crippen LogP contribution in [0.5, 0.6) is 0 Å². The van der Waals surface area contributed by atoms with Gasteiger partial charge in [0.05, 0.1) is 13.2 Å². The van der Waals surface area contributed by atoms with Crippen LogP contribution in [-0.4, -0.2) is 113 Å². The smallest absolute Gasteiger partial charge is 0.217 e. The van der Waals surface area contributed by atoms with Crippen molar-refractivity contribution in [2.75, 3.05) is 19.8 Å². The van der Waals surface area contributed by atoms with Crippen LogP contribution < -0.4 is 5.32 Å². The molecule has 3 rings (SSSR count). The number of aliphatic hydroxyl groups excluding tert-OH is 4. The molecule has 10 atom stereocenters. The first-order valence-electron chi connectivity index (χ1n) is 11.4. The van der Waals surface area contributed by atoms with Crippen molar-refractivity contribution in [3.8, 4) is 0 Å². The molecule has 3 aliphatic heterocycles. The second kappa shape index (κ2) is 11.2. The molecule has 192 valence electrons. The van der Waals surface area contributed by atoms with Gasteiger partial charge < -0.3 is 54.2 Å². The van der Waals surface area contributed by atoms with Gasteiger partial charge in [-0.2, -0.15) is 0 Å². The van der Waals surface area contributed by atoms with Gasteiger partial charge in [0.15, 0.2) is 18.4 Å². The summed E-state index contributed by atoms with van der Waals surface area (Å²) in [5.74, 6) is -1.31. The number of ether oxygens (including phenoxy) is 6. The molecular weight excluding hydrogens is 442 g/mol. The summed E-state index contributed by atoms with van der Waals surface area (Å²) in [6.45, 7) is 6.41. The van der Waals surface area contributed by atoms with E-state index in [0.29, 0.717) is 6.61 Å². The van der Waals surface area contributed by atoms with Crippen LogP contribution in [0.1, 0.15) is 40.5 Å². The van der Waals surface area contributed by atoms with Crippen LogP contribution in [0, 0.1) is 0 Å². The Bertz CT molecular complexity index is 650. The largest absolute Gasteiger partial charge is 0.394 e. The third-order valence-electron chi connectivity index (χ3n) is 5.90. The van der Waals surface area contributed by atoms with Crippen LogP contribution >= 0.6 is 0 Å². The first kappa shape index (κ1) is 26.7. The topological polar surface area (TPSA) is 165 Å². The van der Waals surface area contributed by atoms with Crippen LogP contribution in [0.4, 0.5) is 0 Å². The fourth-order valence-electron chi connectivity index (χ4n) is 4.27. The van der Waals surface area contributed by atoms with Crippen molar-refractivity contribution in [2.45, 2.75) is 108 Å². The minimum absolute atomic E-state index is 0.303. The number of amides is 1. The van der Waals surface area contributed by atoms with Gasteiger partial charge in [-0.05, 0) is 20.3 Å². The van der Waals surface area contributed by atoms with Crippen LogP contribution in [0.15, 0.2) is 0 Å². The standard InChI is InChI=1S/C21H37NO11/c1-5-6-7-28-17-16(31-20-18(17)32-21(3,4)33-20)11(25)9-29-19-13(22-10(2)24)15(27)14(26)12(8-23)30-19/h11-20,23,25-27H,5-9H2,1-4H3,(H,22,24)/t11-,12-,13+,14+,15-,16+,17-,18+,19-,20-/m1/s1. The normalized spacial score (nSPS) is 41.0. The van der Waals surface area contributed by atoms with Crippen molar-refractivity contribution in [3.05, 3.63) is 0 Å². The van der Waals surface area contributed by atoms with Gasteiger partial charge >= 0.3 is 0 Å². The first-order valence-corrected chi connectivity index (χ1v) is 11.4. The van der Waals surface area contributed by atoms with Gasteiger partial charge in [0.1, 0.15) is 48.8 Å². The Morgan fingerprint density at radius 2 is 1.88 bits per heavy atom. The highest BCUT2D eigenvalue weighted by Gasteiger charge is 2.57. The highest BCUT2D eigenvalue weighted by Crippen LogP contribution is 2.40. The van der Waals surface area contributed by atoms with E-state index in [-0.39, 0.29) is 6.61 Å². The van der Waals surface area contributed by atoms with E-state index in [0.717, 1.165) is 12.8 Å². The van der Waals surface area contributed by atoms with Crippen LogP contribution in [0.3, 0.4) is 0 Å². The molecule has 0 saturated carbocycles. The van der Waals surface area contributed by atoms with Gasteiger partial charge in [0.2, 0.25) is 5.91 Å². The van der Waals surface area contributed by atoms with Gasteiger partial charge in [-0.15, -0.1) is 0 Å². The quantitative estimate of drug-likeness (QED) is 0.228. The summed E-state index contributed by atoms with van der Waals surface area (Å²) in [7, 11) is 0. The highest BCUT2D eigenvalue weighted by atomic mass is 16.8. The zero-order valence-electron chi connectivity index (χ0n) is 19.5. The first-order chi connectivity index (χ1) is 15.6. The van der Waals surface area contributed by atoms with E-state index in [4.69, 9.17) is 28.4 Å². The molecule has 0 spiro atoms. The molecule has 0 aromatic heterocycles. The number of carbonyl (C=O) groups excluding carboxylic acids is 1. The fourth-order valence-corrected chi connectivity index (χ4v) is 4.27. The summed E-state index contributed by atoms with van der Waals surface area (Å²) in [5, 5.41) is 43.3. The van der Waals surface area contributed by atoms with E-state index in [2.05, 4.69) is 5.32 Å². The molecule has 3 saturated heterocycles. The number of fused-ring (bicyclic) bond motifs is 1. The molecule has 12 nitrogen and oxygen atoms in total. The fraction of sp³-hybridized carbons (Fsp3) is 0.952. The maximum absolute atomic E-state index is 11.6. The molecule has 3 heterocycles. The van der Waals surface area contributed by atoms with E-state index in [1.54, 1.807) is 13.8 Å². The van der Waals surface area contributed by atoms with Gasteiger partial charge in [-0.25, -0.2) is 0 Å². The maximum Gasteiger partial charge on any atom is 0.217 e. The lowest BCUT2D eigenvalue weighted by Gasteiger charge is -2.42. The molecule has 0 bridgehead atoms. The monoisotopic (exact) mass is 479 g/mol. The summed E-state index contributed by atoms with van der Waals surface area (Å²) in [6.07, 6.45) is -7.30. The molecule has 3 aliphatic rings. The lowest BCUT2D eigenvalue weighted by atomic mass is 9.97. The SMILES string of the molecule is CCCCO[C@H]1[C@@H]2OC(C)(C)O[C@H]2O[C@H]1[C@H](O)CO[C@@H]1O[C@H](CO)[C@H](O)[C@H](O)[C@@H]1NC(C)=O. The van der Waals surface area contributed by atoms with E-state index >= 15 is 0 Å². The Hall–Kier alpha value is -0.930. The van der Waals surface area contributed by atoms with E-state index in [1.807, 2.05) is 6.92 Å². The van der Waals surface area contributed by atoms with E-state index < -0.39 is 79.7 Å². The summed E-state index contributed by atoms with van der Waals surface area (Å²) in [5.41, 5.74) is 0. The zero-order valence-corrected chi connectivity index (χ0v) is 19.5. The van der Waals surface area contributed by atoms with E-state index in [9.17, 15) is 25.2 Å². The number of hydrogen-bond donors (Lipinski definition) is 5. The minimum atomic E-state index is -1.45. The maximum atomic E-state index is 11.6. The molecule has 3 fully saturated rings. The molecule has 0 aliphatic carbocycles. The summed E-state index contributed by atoms with van der Waals surface area (Å²) in [4.78, 5) is 11.6. The molecule has 33 heavy (non-hydrogen) atoms. The van der Waals surface area contributed by atoms with Gasteiger partial charge in [0.25, 0.3) is 0 Å². The molecule has 5 N–H and O–H groups in total. The second-order valence-electron chi connectivity index (χ2n) is 9.09. The highest BCUT2D eigenvalue weighted by molar-refractivity contribution is 5.73. The third-order valence-corrected chi connectivity index (χ3v) is 5.90. The third kappa shape index (κ3) is 6.20. The molecule has 0 radical (unpaired) electrons. The Balaban J connectivity index is 1.65. The van der Waals surface area contributed by atoms with E-state index in [1.165, 1.54) is 6.92 Å². The summed E-state index contributed by atoms with van der Waals surface area (Å²) < 4.78 is 34.8. The summed E-state index contributed by atoms with van der Waals surface area (Å²) in [6, 6.07) is -1.11. The zero-order chi connectivity index (χ0) is 24.3. The lowest BCUT2D eigenvalue weighted by molar-refractivity contribution is -0.280. The van der Waals surface area contributed by atoms with Gasteiger partial charge in [-0.1, -0.05) is 13.3 Å². The molecule has 1 amide bonds. The molecule has 0 aromatic rings. The Morgan fingerprint density at radius 1 is 1.15 bits per heavy atom. The number of hydrogen-bond acceptors (Lipinski definition) is 11. The van der Waals surface area contributed by atoms with Crippen molar-refractivity contribution < 1.29 is 53.6 Å². The average Bonchev–Trinajstić information content (AvgIpc) is 3.22. The van der Waals surface area contributed by atoms with Crippen LogP contribution in [-0.2, 0) is 33.2 Å². The van der Waals surface area contributed by atoms with Crippen LogP contribution in [0.2, 0.25) is 0 Å². The van der Waals surface area contributed by atoms with Crippen LogP contribution in [0.25, 0.3) is 0 Å². The number of nitrogens with one attached hydrogen (secondary N) is 1. The lowest BCUT2D eigenvalue weighted by Crippen LogP contribution is -2.64. The summed E-state index contributed by atoms with van der Waals surface area (Å²) >= 11 is 0. The van der Waals surface area contributed by atoms with Crippen molar-refractivity contribution in [1.29, 1.82) is 0 Å². The van der Waals surface area contributed by atoms with Gasteiger partial charge in [-0.3, -0.25) is 4.79 Å². The minimum Gasteiger partial charge on any atom is -0.394 e. The Kier molecular flexibility index (Phi) is 9.06. The molecular formula is C21H37NO11. The Morgan fingerprint density at radius 3 is 2.52 bits per heavy atom. The number of rotatable bonds is 10. The van der Waals surface area contributed by atoms with Crippen molar-refractivity contribution in [3.63, 3.8) is 0 Å². The number of aliphatic hydroxyl groups is 4. The second-order valence-corrected chi connectivity index (χ2v) is 9.09. The predicted molar refractivity (Wildman–Crippen MR) is 111 cm³/mol. The number of unbranched alkanes of at least 4 members (excludes halogenated alkanes) is 1. The van der Waals surface area contributed by atoms with Gasteiger partial charge in [0, 0.05) is 13.5 Å². The Labute approximate surface area is 193 Å². The molecule has 0 unspecified atom stereocenters.